The number of halogens is 1. The molecule has 0 bridgehead atoms. The van der Waals surface area contributed by atoms with Gasteiger partial charge in [0.1, 0.15) is 0 Å². The van der Waals surface area contributed by atoms with Crippen LogP contribution in [-0.4, -0.2) is 35.5 Å². The number of benzene rings is 2. The number of phenols is 1. The Hall–Kier alpha value is -3.39. The summed E-state index contributed by atoms with van der Waals surface area (Å²) < 4.78 is 24.8. The fourth-order valence-corrected chi connectivity index (χ4v) is 2.68. The van der Waals surface area contributed by atoms with Crippen LogP contribution in [-0.2, 0) is 14.3 Å². The van der Waals surface area contributed by atoms with Crippen molar-refractivity contribution in [2.75, 3.05) is 12.4 Å². The zero-order chi connectivity index (χ0) is 21.2. The van der Waals surface area contributed by atoms with E-state index in [0.29, 0.717) is 18.5 Å². The number of phenolic OH excluding ortho intramolecular Hbond substituents is 1. The lowest BCUT2D eigenvalue weighted by molar-refractivity contribution is -0.131. The summed E-state index contributed by atoms with van der Waals surface area (Å²) in [7, 11) is 1.41. The second kappa shape index (κ2) is 10.8. The number of anilines is 1. The maximum Gasteiger partial charge on any atom is 0.412 e. The molecule has 0 aliphatic rings. The highest BCUT2D eigenvalue weighted by Gasteiger charge is 2.27. The van der Waals surface area contributed by atoms with E-state index in [4.69, 9.17) is 14.6 Å². The number of carbonyl (C=O) groups excluding carboxylic acids is 1. The van der Waals surface area contributed by atoms with Gasteiger partial charge in [0.25, 0.3) is 0 Å². The summed E-state index contributed by atoms with van der Waals surface area (Å²) >= 11 is 0. The molecule has 0 radical (unpaired) electrons. The molecule has 0 spiro atoms. The number of carbonyl (C=O) groups is 2. The fraction of sp³-hybridized carbons (Fsp3) is 0.238. The number of nitrogens with one attached hydrogen (secondary N) is 1. The van der Waals surface area contributed by atoms with Crippen LogP contribution in [0.5, 0.6) is 5.75 Å². The molecule has 29 heavy (non-hydrogen) atoms. The van der Waals surface area contributed by atoms with Gasteiger partial charge in [-0.25, -0.2) is 14.0 Å². The molecule has 0 saturated heterocycles. The number of para-hydroxylation sites is 1. The minimum atomic E-state index is -1.07. The van der Waals surface area contributed by atoms with Gasteiger partial charge < -0.3 is 19.7 Å². The van der Waals surface area contributed by atoms with Gasteiger partial charge >= 0.3 is 12.1 Å². The number of carboxylic acid groups (broad SMARTS) is 1. The molecule has 0 fully saturated rings. The number of hydrogen-bond acceptors (Lipinski definition) is 5. The van der Waals surface area contributed by atoms with Crippen LogP contribution in [0.15, 0.2) is 60.7 Å². The van der Waals surface area contributed by atoms with E-state index in [1.807, 2.05) is 0 Å². The number of ether oxygens (including phenoxy) is 2. The van der Waals surface area contributed by atoms with E-state index in [0.717, 1.165) is 18.2 Å². The lowest BCUT2D eigenvalue weighted by Crippen LogP contribution is -2.28. The lowest BCUT2D eigenvalue weighted by atomic mass is 10.00. The van der Waals surface area contributed by atoms with Crippen LogP contribution >= 0.6 is 0 Å². The Morgan fingerprint density at radius 2 is 1.93 bits per heavy atom. The fourth-order valence-electron chi connectivity index (χ4n) is 2.68. The van der Waals surface area contributed by atoms with Gasteiger partial charge in [0.2, 0.25) is 0 Å². The van der Waals surface area contributed by atoms with Gasteiger partial charge in [0, 0.05) is 18.9 Å². The predicted molar refractivity (Wildman–Crippen MR) is 104 cm³/mol. The highest BCUT2D eigenvalue weighted by Crippen LogP contribution is 2.30. The SMILES string of the molecule is CO[C@H](CC/C=C/C(=O)O)[C@H](OC(=O)Nc1ccccc1)c1ccc(O)c(F)c1. The molecule has 0 aliphatic heterocycles. The first-order valence-electron chi connectivity index (χ1n) is 8.84. The number of carboxylic acids is 1. The Balaban J connectivity index is 2.20. The molecule has 154 valence electrons. The van der Waals surface area contributed by atoms with E-state index in [-0.39, 0.29) is 5.56 Å². The summed E-state index contributed by atoms with van der Waals surface area (Å²) in [6.45, 7) is 0. The topological polar surface area (TPSA) is 105 Å². The maximum atomic E-state index is 13.9. The van der Waals surface area contributed by atoms with Crippen molar-refractivity contribution in [3.05, 3.63) is 72.1 Å². The molecule has 3 N–H and O–H groups in total. The van der Waals surface area contributed by atoms with Gasteiger partial charge in [-0.05, 0) is 42.7 Å². The average Bonchev–Trinajstić information content (AvgIpc) is 2.69. The Kier molecular flexibility index (Phi) is 8.17. The van der Waals surface area contributed by atoms with E-state index in [2.05, 4.69) is 5.32 Å². The molecule has 0 heterocycles. The first-order valence-corrected chi connectivity index (χ1v) is 8.84. The molecule has 0 saturated carbocycles. The van der Waals surface area contributed by atoms with Gasteiger partial charge in [0.05, 0.1) is 6.10 Å². The summed E-state index contributed by atoms with van der Waals surface area (Å²) in [6.07, 6.45) is 0.670. The lowest BCUT2D eigenvalue weighted by Gasteiger charge is -2.26. The molecule has 0 aliphatic carbocycles. The van der Waals surface area contributed by atoms with E-state index in [1.165, 1.54) is 19.3 Å². The number of allylic oxidation sites excluding steroid dienone is 1. The number of aromatic hydroxyl groups is 1. The van der Waals surface area contributed by atoms with Gasteiger partial charge in [-0.3, -0.25) is 5.32 Å². The third-order valence-electron chi connectivity index (χ3n) is 4.07. The van der Waals surface area contributed by atoms with Crippen molar-refractivity contribution in [2.45, 2.75) is 25.0 Å². The molecule has 8 heteroatoms. The zero-order valence-corrected chi connectivity index (χ0v) is 15.7. The van der Waals surface area contributed by atoms with Crippen LogP contribution in [0.4, 0.5) is 14.9 Å². The Labute approximate surface area is 167 Å². The summed E-state index contributed by atoms with van der Waals surface area (Å²) in [5.74, 6) is -2.46. The van der Waals surface area contributed by atoms with E-state index in [9.17, 15) is 19.1 Å². The van der Waals surface area contributed by atoms with Crippen LogP contribution < -0.4 is 5.32 Å². The smallest absolute Gasteiger partial charge is 0.412 e. The van der Waals surface area contributed by atoms with Crippen molar-refractivity contribution in [3.63, 3.8) is 0 Å². The molecule has 1 amide bonds. The largest absolute Gasteiger partial charge is 0.505 e. The predicted octanol–water partition coefficient (Wildman–Crippen LogP) is 4.26. The van der Waals surface area contributed by atoms with Crippen molar-refractivity contribution in [1.82, 2.24) is 0 Å². The Morgan fingerprint density at radius 1 is 1.21 bits per heavy atom. The van der Waals surface area contributed by atoms with E-state index < -0.39 is 35.8 Å². The Morgan fingerprint density at radius 3 is 2.55 bits per heavy atom. The van der Waals surface area contributed by atoms with Crippen LogP contribution in [0.1, 0.15) is 24.5 Å². The third-order valence-corrected chi connectivity index (χ3v) is 4.07. The van der Waals surface area contributed by atoms with Gasteiger partial charge in [-0.15, -0.1) is 0 Å². The zero-order valence-electron chi connectivity index (χ0n) is 15.7. The monoisotopic (exact) mass is 403 g/mol. The molecule has 0 unspecified atom stereocenters. The summed E-state index contributed by atoms with van der Waals surface area (Å²) in [5.41, 5.74) is 0.809. The first-order chi connectivity index (χ1) is 13.9. The number of methoxy groups -OCH3 is 1. The first kappa shape index (κ1) is 21.9. The average molecular weight is 403 g/mol. The summed E-state index contributed by atoms with van der Waals surface area (Å²) in [6, 6.07) is 12.3. The molecular weight excluding hydrogens is 381 g/mol. The van der Waals surface area contributed by atoms with Crippen LogP contribution in [0.25, 0.3) is 0 Å². The number of aliphatic carboxylic acids is 1. The molecule has 2 aromatic carbocycles. The van der Waals surface area contributed by atoms with Crippen LogP contribution in [0.3, 0.4) is 0 Å². The highest BCUT2D eigenvalue weighted by atomic mass is 19.1. The highest BCUT2D eigenvalue weighted by molar-refractivity contribution is 5.84. The molecular formula is C21H22FNO6. The minimum absolute atomic E-state index is 0.289. The number of hydrogen-bond donors (Lipinski definition) is 3. The number of amides is 1. The maximum absolute atomic E-state index is 13.9. The van der Waals surface area contributed by atoms with E-state index >= 15 is 0 Å². The van der Waals surface area contributed by atoms with Crippen molar-refractivity contribution >= 4 is 17.7 Å². The van der Waals surface area contributed by atoms with Gasteiger partial charge in [0.15, 0.2) is 17.7 Å². The van der Waals surface area contributed by atoms with Gasteiger partial charge in [-0.1, -0.05) is 30.3 Å². The van der Waals surface area contributed by atoms with E-state index in [1.54, 1.807) is 30.3 Å². The normalized spacial score (nSPS) is 13.0. The van der Waals surface area contributed by atoms with Crippen LogP contribution in [0, 0.1) is 5.82 Å². The molecule has 2 atom stereocenters. The van der Waals surface area contributed by atoms with Gasteiger partial charge in [-0.2, -0.15) is 0 Å². The third kappa shape index (κ3) is 6.93. The second-order valence-electron chi connectivity index (χ2n) is 6.12. The number of rotatable bonds is 9. The second-order valence-corrected chi connectivity index (χ2v) is 6.12. The van der Waals surface area contributed by atoms with Crippen molar-refractivity contribution in [3.8, 4) is 5.75 Å². The van der Waals surface area contributed by atoms with Crippen molar-refractivity contribution in [2.24, 2.45) is 0 Å². The van der Waals surface area contributed by atoms with Crippen molar-refractivity contribution < 1.29 is 33.7 Å². The molecule has 0 aromatic heterocycles. The molecule has 2 rings (SSSR count). The summed E-state index contributed by atoms with van der Waals surface area (Å²) in [4.78, 5) is 23.0. The quantitative estimate of drug-likeness (QED) is 0.541. The standard InChI is InChI=1S/C21H22FNO6/c1-28-18(9-5-6-10-19(25)26)20(14-11-12-17(24)16(22)13-14)29-21(27)23-15-7-3-2-4-8-15/h2-4,6-8,10-13,18,20,24H,5,9H2,1H3,(H,23,27)(H,25,26)/b10-6+/t18-,20-/m1/s1. The molecule has 2 aromatic rings. The summed E-state index contributed by atoms with van der Waals surface area (Å²) in [5, 5.41) is 20.7. The minimum Gasteiger partial charge on any atom is -0.505 e. The molecule has 7 nitrogen and oxygen atoms in total. The van der Waals surface area contributed by atoms with Crippen molar-refractivity contribution in [1.29, 1.82) is 0 Å². The Bertz CT molecular complexity index is 856. The van der Waals surface area contributed by atoms with Crippen LogP contribution in [0.2, 0.25) is 0 Å².